The maximum absolute atomic E-state index is 13.2. The number of carbonyl (C=O) groups is 1. The van der Waals surface area contributed by atoms with E-state index in [2.05, 4.69) is 25.2 Å². The number of nitrogens with one attached hydrogen (secondary N) is 2. The van der Waals surface area contributed by atoms with Gasteiger partial charge < -0.3 is 15.0 Å². The normalized spacial score (nSPS) is 18.3. The van der Waals surface area contributed by atoms with E-state index in [1.807, 2.05) is 39.8 Å². The molecule has 10 nitrogen and oxygen atoms in total. The molecule has 10 heteroatoms. The Morgan fingerprint density at radius 1 is 1.23 bits per heavy atom. The molecule has 0 bridgehead atoms. The van der Waals surface area contributed by atoms with Crippen LogP contribution in [0.3, 0.4) is 0 Å². The number of rotatable bonds is 6. The highest BCUT2D eigenvalue weighted by Gasteiger charge is 2.23. The number of aromatic nitrogens is 4. The number of carbonyl (C=O) groups excluding carboxylic acids is 1. The van der Waals surface area contributed by atoms with Crippen molar-refractivity contribution >= 4 is 22.8 Å². The minimum Gasteiger partial charge on any atom is -0.372 e. The van der Waals surface area contributed by atoms with Gasteiger partial charge in [-0.2, -0.15) is 0 Å². The third kappa shape index (κ3) is 5.12. The summed E-state index contributed by atoms with van der Waals surface area (Å²) < 4.78 is 7.16. The number of H-pyrrole nitrogens is 1. The first-order valence-corrected chi connectivity index (χ1v) is 12.0. The molecule has 35 heavy (non-hydrogen) atoms. The Labute approximate surface area is 203 Å². The van der Waals surface area contributed by atoms with Crippen molar-refractivity contribution in [2.75, 3.05) is 18.0 Å². The fraction of sp³-hybridized carbons (Fsp3) is 0.480. The van der Waals surface area contributed by atoms with Gasteiger partial charge in [0.25, 0.3) is 11.5 Å². The SMILES string of the molecule is CCn1c(=O)[nH]c(=O)c2c(C(=O)NCc3ccc(N4CC(C)OC(C)C4)nc3)cc(C(C)C)nc21. The van der Waals surface area contributed by atoms with Crippen LogP contribution in [0.1, 0.15) is 62.2 Å². The average Bonchev–Trinajstić information content (AvgIpc) is 2.81. The van der Waals surface area contributed by atoms with Crippen molar-refractivity contribution in [2.45, 2.75) is 65.8 Å². The van der Waals surface area contributed by atoms with Gasteiger partial charge in [-0.3, -0.25) is 19.1 Å². The third-order valence-electron chi connectivity index (χ3n) is 6.13. The lowest BCUT2D eigenvalue weighted by molar-refractivity contribution is -0.00546. The lowest BCUT2D eigenvalue weighted by Gasteiger charge is -2.36. The van der Waals surface area contributed by atoms with Crippen LogP contribution < -0.4 is 21.5 Å². The molecule has 2 atom stereocenters. The zero-order chi connectivity index (χ0) is 25.3. The van der Waals surface area contributed by atoms with Crippen molar-refractivity contribution in [3.8, 4) is 0 Å². The van der Waals surface area contributed by atoms with Crippen LogP contribution in [0.2, 0.25) is 0 Å². The van der Waals surface area contributed by atoms with Crippen molar-refractivity contribution in [3.05, 3.63) is 62.1 Å². The van der Waals surface area contributed by atoms with Crippen LogP contribution >= 0.6 is 0 Å². The lowest BCUT2D eigenvalue weighted by atomic mass is 10.0. The molecule has 0 aromatic carbocycles. The largest absolute Gasteiger partial charge is 0.372 e. The van der Waals surface area contributed by atoms with Crippen LogP contribution in [-0.4, -0.2) is 50.7 Å². The molecule has 1 amide bonds. The molecule has 4 heterocycles. The Kier molecular flexibility index (Phi) is 7.02. The summed E-state index contributed by atoms with van der Waals surface area (Å²) in [6.45, 7) is 11.9. The van der Waals surface area contributed by atoms with Gasteiger partial charge in [-0.05, 0) is 44.4 Å². The Balaban J connectivity index is 1.58. The summed E-state index contributed by atoms with van der Waals surface area (Å²) in [5, 5.41) is 2.99. The van der Waals surface area contributed by atoms with E-state index in [4.69, 9.17) is 4.74 Å². The van der Waals surface area contributed by atoms with Gasteiger partial charge in [-0.25, -0.2) is 14.8 Å². The molecule has 2 unspecified atom stereocenters. The molecule has 4 rings (SSSR count). The number of fused-ring (bicyclic) bond motifs is 1. The predicted octanol–water partition coefficient (Wildman–Crippen LogP) is 2.17. The van der Waals surface area contributed by atoms with Crippen LogP contribution in [-0.2, 0) is 17.8 Å². The fourth-order valence-electron chi connectivity index (χ4n) is 4.41. The molecule has 1 aliphatic heterocycles. The smallest absolute Gasteiger partial charge is 0.329 e. The minimum absolute atomic E-state index is 0.00742. The van der Waals surface area contributed by atoms with Gasteiger partial charge in [0.15, 0.2) is 5.65 Å². The second-order valence-corrected chi connectivity index (χ2v) is 9.32. The minimum atomic E-state index is -0.623. The number of hydrogen-bond acceptors (Lipinski definition) is 7. The zero-order valence-electron chi connectivity index (χ0n) is 20.8. The van der Waals surface area contributed by atoms with Crippen LogP contribution in [0, 0.1) is 0 Å². The number of morpholine rings is 1. The van der Waals surface area contributed by atoms with Crippen LogP contribution in [0.4, 0.5) is 5.82 Å². The second-order valence-electron chi connectivity index (χ2n) is 9.32. The Hall–Kier alpha value is -3.53. The van der Waals surface area contributed by atoms with Crippen molar-refractivity contribution in [1.82, 2.24) is 24.8 Å². The quantitative estimate of drug-likeness (QED) is 0.554. The highest BCUT2D eigenvalue weighted by molar-refractivity contribution is 6.05. The number of pyridine rings is 2. The standard InChI is InChI=1S/C25H32N6O4/c1-6-31-22-21(24(33)29-25(31)34)18(9-19(28-22)14(2)3)23(32)27-11-17-7-8-20(26-10-17)30-12-15(4)35-16(5)13-30/h7-10,14-16H,6,11-13H2,1-5H3,(H,27,32)(H,29,33,34). The molecule has 0 spiro atoms. The monoisotopic (exact) mass is 480 g/mol. The van der Waals surface area contributed by atoms with E-state index in [1.165, 1.54) is 4.57 Å². The van der Waals surface area contributed by atoms with E-state index >= 15 is 0 Å². The number of aromatic amines is 1. The summed E-state index contributed by atoms with van der Waals surface area (Å²) in [4.78, 5) is 51.8. The lowest BCUT2D eigenvalue weighted by Crippen LogP contribution is -2.45. The van der Waals surface area contributed by atoms with Crippen molar-refractivity contribution in [1.29, 1.82) is 0 Å². The predicted molar refractivity (Wildman–Crippen MR) is 134 cm³/mol. The van der Waals surface area contributed by atoms with Gasteiger partial charge in [0.1, 0.15) is 5.82 Å². The summed E-state index contributed by atoms with van der Waals surface area (Å²) in [6, 6.07) is 5.50. The summed E-state index contributed by atoms with van der Waals surface area (Å²) in [5.41, 5.74) is 0.719. The number of amides is 1. The Bertz CT molecular complexity index is 1340. The van der Waals surface area contributed by atoms with Gasteiger partial charge in [-0.15, -0.1) is 0 Å². The summed E-state index contributed by atoms with van der Waals surface area (Å²) in [6.07, 6.45) is 2.02. The summed E-state index contributed by atoms with van der Waals surface area (Å²) >= 11 is 0. The van der Waals surface area contributed by atoms with E-state index < -0.39 is 17.2 Å². The van der Waals surface area contributed by atoms with E-state index in [1.54, 1.807) is 19.2 Å². The highest BCUT2D eigenvalue weighted by atomic mass is 16.5. The highest BCUT2D eigenvalue weighted by Crippen LogP contribution is 2.21. The number of anilines is 1. The first-order chi connectivity index (χ1) is 16.7. The van der Waals surface area contributed by atoms with E-state index in [-0.39, 0.29) is 41.3 Å². The molecule has 1 fully saturated rings. The molecular weight excluding hydrogens is 448 g/mol. The molecule has 1 saturated heterocycles. The molecule has 0 aliphatic carbocycles. The summed E-state index contributed by atoms with van der Waals surface area (Å²) in [7, 11) is 0. The van der Waals surface area contributed by atoms with Gasteiger partial charge >= 0.3 is 5.69 Å². The topological polar surface area (TPSA) is 122 Å². The second kappa shape index (κ2) is 9.99. The zero-order valence-corrected chi connectivity index (χ0v) is 20.8. The Morgan fingerprint density at radius 2 is 1.94 bits per heavy atom. The number of hydrogen-bond donors (Lipinski definition) is 2. The number of nitrogens with zero attached hydrogens (tertiary/aromatic N) is 4. The van der Waals surface area contributed by atoms with Gasteiger partial charge in [0, 0.05) is 38.1 Å². The van der Waals surface area contributed by atoms with Gasteiger partial charge in [0.05, 0.1) is 23.2 Å². The van der Waals surface area contributed by atoms with Crippen molar-refractivity contribution in [2.24, 2.45) is 0 Å². The average molecular weight is 481 g/mol. The first-order valence-electron chi connectivity index (χ1n) is 12.0. The van der Waals surface area contributed by atoms with Crippen LogP contribution in [0.15, 0.2) is 34.0 Å². The number of ether oxygens (including phenoxy) is 1. The first kappa shape index (κ1) is 24.6. The Morgan fingerprint density at radius 3 is 2.54 bits per heavy atom. The molecule has 3 aromatic heterocycles. The maximum Gasteiger partial charge on any atom is 0.329 e. The van der Waals surface area contributed by atoms with E-state index in [0.717, 1.165) is 24.5 Å². The van der Waals surface area contributed by atoms with Crippen molar-refractivity contribution < 1.29 is 9.53 Å². The molecule has 0 radical (unpaired) electrons. The molecule has 2 N–H and O–H groups in total. The molecular formula is C25H32N6O4. The van der Waals surface area contributed by atoms with Crippen LogP contribution in [0.5, 0.6) is 0 Å². The summed E-state index contributed by atoms with van der Waals surface area (Å²) in [5.74, 6) is 0.465. The van der Waals surface area contributed by atoms with E-state index in [9.17, 15) is 14.4 Å². The van der Waals surface area contributed by atoms with Crippen molar-refractivity contribution in [3.63, 3.8) is 0 Å². The maximum atomic E-state index is 13.2. The van der Waals surface area contributed by atoms with Crippen LogP contribution in [0.25, 0.3) is 11.0 Å². The number of aryl methyl sites for hydroxylation is 1. The molecule has 186 valence electrons. The van der Waals surface area contributed by atoms with E-state index in [0.29, 0.717) is 12.2 Å². The van der Waals surface area contributed by atoms with Gasteiger partial charge in [0.2, 0.25) is 0 Å². The molecule has 0 saturated carbocycles. The third-order valence-corrected chi connectivity index (χ3v) is 6.13. The fourth-order valence-corrected chi connectivity index (χ4v) is 4.41. The molecule has 3 aromatic rings. The van der Waals surface area contributed by atoms with Gasteiger partial charge in [-0.1, -0.05) is 19.9 Å². The molecule has 1 aliphatic rings.